The van der Waals surface area contributed by atoms with Gasteiger partial charge in [-0.25, -0.2) is 4.79 Å². The molecule has 0 fully saturated rings. The van der Waals surface area contributed by atoms with Gasteiger partial charge in [0.1, 0.15) is 0 Å². The molecule has 0 spiro atoms. The summed E-state index contributed by atoms with van der Waals surface area (Å²) in [4.78, 5) is 11.0. The van der Waals surface area contributed by atoms with Gasteiger partial charge in [-0.1, -0.05) is 5.21 Å². The molecule has 1 unspecified atom stereocenters. The number of hydrogen-bond donors (Lipinski definition) is 2. The molecule has 0 aromatic carbocycles. The summed E-state index contributed by atoms with van der Waals surface area (Å²) in [6, 6.07) is -0.955. The van der Waals surface area contributed by atoms with Gasteiger partial charge in [0.25, 0.3) is 0 Å². The van der Waals surface area contributed by atoms with Crippen LogP contribution in [0.1, 0.15) is 18.8 Å². The number of carbonyl (C=O) groups excluding carboxylic acids is 1. The Morgan fingerprint density at radius 1 is 1.77 bits per heavy atom. The van der Waals surface area contributed by atoms with Crippen LogP contribution in [0.5, 0.6) is 0 Å². The predicted molar refractivity (Wildman–Crippen MR) is 45.0 cm³/mol. The van der Waals surface area contributed by atoms with E-state index in [2.05, 4.69) is 25.4 Å². The van der Waals surface area contributed by atoms with Gasteiger partial charge in [0, 0.05) is 0 Å². The van der Waals surface area contributed by atoms with E-state index in [1.165, 1.54) is 0 Å². The minimum Gasteiger partial charge on any atom is -0.464 e. The molecule has 8 heteroatoms. The van der Waals surface area contributed by atoms with Gasteiger partial charge in [-0.15, -0.1) is 22.6 Å². The minimum absolute atomic E-state index is 0. The fourth-order valence-electron chi connectivity index (χ4n) is 0.639. The average molecular weight is 208 g/mol. The monoisotopic (exact) mass is 207 g/mol. The number of hydrogen-bond acceptors (Lipinski definition) is 6. The number of tetrazole rings is 1. The summed E-state index contributed by atoms with van der Waals surface area (Å²) in [5, 5.41) is 12.5. The van der Waals surface area contributed by atoms with Crippen molar-refractivity contribution in [2.75, 3.05) is 6.61 Å². The highest BCUT2D eigenvalue weighted by Gasteiger charge is 2.20. The highest BCUT2D eigenvalue weighted by molar-refractivity contribution is 5.85. The van der Waals surface area contributed by atoms with Crippen molar-refractivity contribution in [3.8, 4) is 0 Å². The minimum atomic E-state index is -0.955. The van der Waals surface area contributed by atoms with Crippen molar-refractivity contribution < 1.29 is 9.53 Å². The third-order valence-corrected chi connectivity index (χ3v) is 1.18. The number of ether oxygens (including phenoxy) is 1. The van der Waals surface area contributed by atoms with Crippen LogP contribution in [-0.2, 0) is 9.53 Å². The zero-order valence-corrected chi connectivity index (χ0v) is 7.74. The van der Waals surface area contributed by atoms with Crippen molar-refractivity contribution in [3.63, 3.8) is 0 Å². The molecule has 1 atom stereocenters. The van der Waals surface area contributed by atoms with Crippen molar-refractivity contribution in [2.24, 2.45) is 5.73 Å². The fourth-order valence-corrected chi connectivity index (χ4v) is 0.639. The van der Waals surface area contributed by atoms with Crippen LogP contribution in [0.3, 0.4) is 0 Å². The highest BCUT2D eigenvalue weighted by atomic mass is 35.5. The molecule has 1 aromatic heterocycles. The first kappa shape index (κ1) is 11.8. The lowest BCUT2D eigenvalue weighted by atomic mass is 10.3. The molecule has 0 aliphatic heterocycles. The van der Waals surface area contributed by atoms with Gasteiger partial charge in [-0.05, 0) is 6.92 Å². The second-order valence-electron chi connectivity index (χ2n) is 2.00. The van der Waals surface area contributed by atoms with Crippen LogP contribution in [0, 0.1) is 0 Å². The van der Waals surface area contributed by atoms with E-state index in [1.54, 1.807) is 6.92 Å². The van der Waals surface area contributed by atoms with Crippen molar-refractivity contribution in [3.05, 3.63) is 5.82 Å². The maximum Gasteiger partial charge on any atom is 0.331 e. The Bertz CT molecular complexity index is 251. The van der Waals surface area contributed by atoms with E-state index in [-0.39, 0.29) is 24.8 Å². The Morgan fingerprint density at radius 2 is 2.46 bits per heavy atom. The zero-order valence-electron chi connectivity index (χ0n) is 6.93. The molecule has 1 rings (SSSR count). The van der Waals surface area contributed by atoms with E-state index in [0.717, 1.165) is 0 Å². The summed E-state index contributed by atoms with van der Waals surface area (Å²) in [5.41, 5.74) is 5.41. The standard InChI is InChI=1S/C5H9N5O2.ClH/c1-2-12-5(11)3(6)4-7-9-10-8-4;/h3H,2,6H2,1H3,(H,7,8,9,10);1H. The van der Waals surface area contributed by atoms with Crippen LogP contribution >= 0.6 is 12.4 Å². The molecule has 1 aromatic rings. The van der Waals surface area contributed by atoms with Gasteiger partial charge in [0.05, 0.1) is 6.61 Å². The molecule has 0 bridgehead atoms. The molecule has 0 amide bonds. The molecule has 0 saturated heterocycles. The molecule has 3 N–H and O–H groups in total. The number of rotatable bonds is 3. The Balaban J connectivity index is 0.00000144. The van der Waals surface area contributed by atoms with Crippen LogP contribution < -0.4 is 5.73 Å². The van der Waals surface area contributed by atoms with Crippen LogP contribution in [0.15, 0.2) is 0 Å². The molecule has 0 aliphatic rings. The zero-order chi connectivity index (χ0) is 8.97. The van der Waals surface area contributed by atoms with E-state index >= 15 is 0 Å². The molecule has 0 saturated carbocycles. The molecule has 1 heterocycles. The Kier molecular flexibility index (Phi) is 4.93. The summed E-state index contributed by atoms with van der Waals surface area (Å²) in [5.74, 6) is -0.424. The number of halogens is 1. The first-order valence-electron chi connectivity index (χ1n) is 3.41. The van der Waals surface area contributed by atoms with E-state index in [4.69, 9.17) is 5.73 Å². The summed E-state index contributed by atoms with van der Waals surface area (Å²) < 4.78 is 4.64. The summed E-state index contributed by atoms with van der Waals surface area (Å²) in [7, 11) is 0. The average Bonchev–Trinajstić information content (AvgIpc) is 2.55. The molecule has 74 valence electrons. The van der Waals surface area contributed by atoms with Crippen molar-refractivity contribution in [1.82, 2.24) is 20.6 Å². The van der Waals surface area contributed by atoms with Crippen molar-refractivity contribution in [2.45, 2.75) is 13.0 Å². The van der Waals surface area contributed by atoms with Crippen LogP contribution in [0.2, 0.25) is 0 Å². The van der Waals surface area contributed by atoms with E-state index < -0.39 is 12.0 Å². The van der Waals surface area contributed by atoms with Crippen LogP contribution in [-0.4, -0.2) is 33.2 Å². The van der Waals surface area contributed by atoms with Gasteiger partial charge in [0.2, 0.25) is 5.82 Å². The maximum atomic E-state index is 11.0. The first-order chi connectivity index (χ1) is 5.75. The smallest absolute Gasteiger partial charge is 0.331 e. The van der Waals surface area contributed by atoms with Gasteiger partial charge in [-0.3, -0.25) is 0 Å². The Morgan fingerprint density at radius 3 is 2.92 bits per heavy atom. The second kappa shape index (κ2) is 5.44. The van der Waals surface area contributed by atoms with Crippen LogP contribution in [0.25, 0.3) is 0 Å². The van der Waals surface area contributed by atoms with E-state index in [0.29, 0.717) is 0 Å². The number of H-pyrrole nitrogens is 1. The number of nitrogens with one attached hydrogen (secondary N) is 1. The lowest BCUT2D eigenvalue weighted by molar-refractivity contribution is -0.145. The van der Waals surface area contributed by atoms with Gasteiger partial charge < -0.3 is 10.5 Å². The normalized spacial score (nSPS) is 11.5. The Hall–Kier alpha value is -1.21. The molecule has 0 radical (unpaired) electrons. The van der Waals surface area contributed by atoms with E-state index in [1.807, 2.05) is 0 Å². The molecular weight excluding hydrogens is 198 g/mol. The maximum absolute atomic E-state index is 11.0. The molecule has 13 heavy (non-hydrogen) atoms. The van der Waals surface area contributed by atoms with Gasteiger partial charge >= 0.3 is 5.97 Å². The number of carbonyl (C=O) groups is 1. The molecule has 7 nitrogen and oxygen atoms in total. The summed E-state index contributed by atoms with van der Waals surface area (Å²) >= 11 is 0. The lowest BCUT2D eigenvalue weighted by Gasteiger charge is -2.04. The van der Waals surface area contributed by atoms with E-state index in [9.17, 15) is 4.79 Å². The quantitative estimate of drug-likeness (QED) is 0.628. The molecular formula is C5H10ClN5O2. The molecule has 0 aliphatic carbocycles. The Labute approximate surface area is 80.4 Å². The fraction of sp³-hybridized carbons (Fsp3) is 0.600. The number of nitrogens with zero attached hydrogens (tertiary/aromatic N) is 3. The largest absolute Gasteiger partial charge is 0.464 e. The second-order valence-corrected chi connectivity index (χ2v) is 2.00. The number of aromatic nitrogens is 4. The number of esters is 1. The predicted octanol–water partition coefficient (Wildman–Crippen LogP) is -0.816. The highest BCUT2D eigenvalue weighted by Crippen LogP contribution is 2.02. The number of nitrogens with two attached hydrogens (primary N) is 1. The lowest BCUT2D eigenvalue weighted by Crippen LogP contribution is -2.24. The van der Waals surface area contributed by atoms with Gasteiger partial charge in [-0.2, -0.15) is 5.21 Å². The summed E-state index contributed by atoms with van der Waals surface area (Å²) in [6.07, 6.45) is 0. The third kappa shape index (κ3) is 2.96. The van der Waals surface area contributed by atoms with Crippen molar-refractivity contribution in [1.29, 1.82) is 0 Å². The van der Waals surface area contributed by atoms with Crippen LogP contribution in [0.4, 0.5) is 0 Å². The number of aromatic amines is 1. The third-order valence-electron chi connectivity index (χ3n) is 1.18. The first-order valence-corrected chi connectivity index (χ1v) is 3.41. The SMILES string of the molecule is CCOC(=O)C(N)c1nn[nH]n1.Cl. The summed E-state index contributed by atoms with van der Waals surface area (Å²) in [6.45, 7) is 1.98. The van der Waals surface area contributed by atoms with Crippen molar-refractivity contribution >= 4 is 18.4 Å². The van der Waals surface area contributed by atoms with Gasteiger partial charge in [0.15, 0.2) is 6.04 Å². The topological polar surface area (TPSA) is 107 Å².